The quantitative estimate of drug-likeness (QED) is 0.338. The lowest BCUT2D eigenvalue weighted by Crippen LogP contribution is -2.40. The van der Waals surface area contributed by atoms with Crippen LogP contribution in [0.4, 0.5) is 0 Å². The molecular formula is C31H48N2O2. The van der Waals surface area contributed by atoms with Crippen molar-refractivity contribution in [1.29, 1.82) is 0 Å². The van der Waals surface area contributed by atoms with Gasteiger partial charge in [-0.3, -0.25) is 4.79 Å². The Labute approximate surface area is 214 Å². The van der Waals surface area contributed by atoms with E-state index in [1.807, 2.05) is 126 Å². The lowest BCUT2D eigenvalue weighted by atomic mass is 9.85. The number of nitrogens with one attached hydrogen (secondary N) is 1. The highest BCUT2D eigenvalue weighted by Crippen LogP contribution is 2.28. The van der Waals surface area contributed by atoms with E-state index in [0.717, 1.165) is 11.1 Å². The maximum atomic E-state index is 11.5. The van der Waals surface area contributed by atoms with Gasteiger partial charge in [0.1, 0.15) is 6.04 Å². The molecule has 0 saturated carbocycles. The number of carboxylic acid groups (broad SMARTS) is 1. The molecule has 3 aromatic carbocycles. The summed E-state index contributed by atoms with van der Waals surface area (Å²) >= 11 is 0. The van der Waals surface area contributed by atoms with Gasteiger partial charge in [-0.15, -0.1) is 0 Å². The van der Waals surface area contributed by atoms with Crippen LogP contribution in [-0.4, -0.2) is 24.2 Å². The zero-order valence-electron chi connectivity index (χ0n) is 23.0. The average Bonchev–Trinajstić information content (AvgIpc) is 2.91. The molecule has 0 spiro atoms. The molecule has 0 fully saturated rings. The predicted molar refractivity (Wildman–Crippen MR) is 153 cm³/mol. The summed E-state index contributed by atoms with van der Waals surface area (Å²) in [4.78, 5) is 11.5. The van der Waals surface area contributed by atoms with Crippen LogP contribution in [0.2, 0.25) is 0 Å². The lowest BCUT2D eigenvalue weighted by molar-refractivity contribution is -0.139. The summed E-state index contributed by atoms with van der Waals surface area (Å²) < 4.78 is 0. The van der Waals surface area contributed by atoms with Crippen LogP contribution in [0.1, 0.15) is 83.5 Å². The third-order valence-electron chi connectivity index (χ3n) is 4.55. The second-order valence-electron chi connectivity index (χ2n) is 7.31. The fourth-order valence-electron chi connectivity index (χ4n) is 3.09. The molecule has 3 rings (SSSR count). The van der Waals surface area contributed by atoms with Gasteiger partial charge in [0.2, 0.25) is 0 Å². The maximum absolute atomic E-state index is 11.5. The standard InChI is InChI=1S/C16H17NO2.C8H11N.C3H8.2C2H6/c1-17-15(16(18)19)14(12-8-4-2-5-9-12)13-10-6-3-7-11-13;1-7(9)8-5-3-2-4-6-8;1-3-2;2*1-2/h2-11,14-15,17H,1H3,(H,18,19);2-7H,9H2,1H3;3H2,1-2H3;2*1-2H3. The Morgan fingerprint density at radius 3 is 1.23 bits per heavy atom. The largest absolute Gasteiger partial charge is 0.480 e. The second-order valence-corrected chi connectivity index (χ2v) is 7.31. The van der Waals surface area contributed by atoms with E-state index in [1.54, 1.807) is 7.05 Å². The van der Waals surface area contributed by atoms with Crippen LogP contribution in [0.5, 0.6) is 0 Å². The van der Waals surface area contributed by atoms with Crippen molar-refractivity contribution in [2.75, 3.05) is 7.05 Å². The molecule has 4 nitrogen and oxygen atoms in total. The van der Waals surface area contributed by atoms with Gasteiger partial charge in [0.05, 0.1) is 0 Å². The van der Waals surface area contributed by atoms with Gasteiger partial charge in [-0.2, -0.15) is 0 Å². The molecule has 0 aliphatic heterocycles. The highest BCUT2D eigenvalue weighted by molar-refractivity contribution is 5.76. The first-order valence-electron chi connectivity index (χ1n) is 12.8. The number of nitrogens with two attached hydrogens (primary N) is 1. The molecule has 0 saturated heterocycles. The van der Waals surface area contributed by atoms with E-state index in [9.17, 15) is 9.90 Å². The first kappa shape index (κ1) is 34.2. The fraction of sp³-hybridized carbons (Fsp3) is 0.387. The zero-order chi connectivity index (χ0) is 27.1. The van der Waals surface area contributed by atoms with E-state index >= 15 is 0 Å². The van der Waals surface area contributed by atoms with Gasteiger partial charge < -0.3 is 16.2 Å². The number of likely N-dealkylation sites (N-methyl/N-ethyl adjacent to an activating group) is 1. The number of benzene rings is 3. The van der Waals surface area contributed by atoms with Crippen molar-refractivity contribution >= 4 is 5.97 Å². The minimum absolute atomic E-state index is 0.159. The molecule has 2 atom stereocenters. The van der Waals surface area contributed by atoms with Gasteiger partial charge in [-0.1, -0.05) is 139 Å². The molecule has 0 aliphatic carbocycles. The SMILES string of the molecule is CC.CC.CC(N)c1ccccc1.CCC.CNC(C(=O)O)C(c1ccccc1)c1ccccc1. The van der Waals surface area contributed by atoms with Crippen molar-refractivity contribution < 1.29 is 9.90 Å². The van der Waals surface area contributed by atoms with Crippen LogP contribution in [0.3, 0.4) is 0 Å². The van der Waals surface area contributed by atoms with E-state index in [4.69, 9.17) is 5.73 Å². The average molecular weight is 481 g/mol. The molecule has 0 radical (unpaired) electrons. The molecule has 4 N–H and O–H groups in total. The molecule has 3 aromatic rings. The van der Waals surface area contributed by atoms with Crippen LogP contribution in [-0.2, 0) is 4.79 Å². The Balaban J connectivity index is 0. The topological polar surface area (TPSA) is 75.3 Å². The van der Waals surface area contributed by atoms with Gasteiger partial charge in [-0.25, -0.2) is 0 Å². The Kier molecular flexibility index (Phi) is 22.3. The minimum Gasteiger partial charge on any atom is -0.480 e. The van der Waals surface area contributed by atoms with Crippen molar-refractivity contribution in [1.82, 2.24) is 5.32 Å². The summed E-state index contributed by atoms with van der Waals surface area (Å²) in [6.45, 7) is 14.2. The number of rotatable bonds is 6. The molecule has 0 amide bonds. The second kappa shape index (κ2) is 22.8. The Morgan fingerprint density at radius 2 is 1.03 bits per heavy atom. The smallest absolute Gasteiger partial charge is 0.321 e. The first-order chi connectivity index (χ1) is 17.0. The molecule has 0 bridgehead atoms. The lowest BCUT2D eigenvalue weighted by Gasteiger charge is -2.24. The zero-order valence-corrected chi connectivity index (χ0v) is 23.0. The van der Waals surface area contributed by atoms with Crippen molar-refractivity contribution in [3.8, 4) is 0 Å². The molecular weight excluding hydrogens is 432 g/mol. The first-order valence-corrected chi connectivity index (χ1v) is 12.8. The molecule has 194 valence electrons. The van der Waals surface area contributed by atoms with Crippen molar-refractivity contribution in [3.63, 3.8) is 0 Å². The van der Waals surface area contributed by atoms with E-state index in [-0.39, 0.29) is 12.0 Å². The highest BCUT2D eigenvalue weighted by atomic mass is 16.4. The molecule has 35 heavy (non-hydrogen) atoms. The molecule has 4 heteroatoms. The Bertz CT molecular complexity index is 798. The molecule has 2 unspecified atom stereocenters. The monoisotopic (exact) mass is 480 g/mol. The molecule has 0 aliphatic rings. The number of carbonyl (C=O) groups is 1. The van der Waals surface area contributed by atoms with E-state index in [0.29, 0.717) is 0 Å². The summed E-state index contributed by atoms with van der Waals surface area (Å²) in [5.41, 5.74) is 8.80. The van der Waals surface area contributed by atoms with Crippen molar-refractivity contribution in [2.24, 2.45) is 5.73 Å². The molecule has 0 aromatic heterocycles. The Morgan fingerprint density at radius 1 is 0.743 bits per heavy atom. The van der Waals surface area contributed by atoms with Crippen LogP contribution >= 0.6 is 0 Å². The van der Waals surface area contributed by atoms with Gasteiger partial charge in [0.25, 0.3) is 0 Å². The number of carboxylic acids is 1. The highest BCUT2D eigenvalue weighted by Gasteiger charge is 2.29. The van der Waals surface area contributed by atoms with Crippen LogP contribution < -0.4 is 11.1 Å². The van der Waals surface area contributed by atoms with Gasteiger partial charge >= 0.3 is 5.97 Å². The van der Waals surface area contributed by atoms with E-state index in [2.05, 4.69) is 19.2 Å². The van der Waals surface area contributed by atoms with Gasteiger partial charge in [-0.05, 0) is 30.7 Å². The Hall–Kier alpha value is -2.95. The van der Waals surface area contributed by atoms with Crippen LogP contribution in [0.15, 0.2) is 91.0 Å². The summed E-state index contributed by atoms with van der Waals surface area (Å²) in [6.07, 6.45) is 1.25. The van der Waals surface area contributed by atoms with Crippen LogP contribution in [0, 0.1) is 0 Å². The minimum atomic E-state index is -0.847. The third kappa shape index (κ3) is 14.1. The van der Waals surface area contributed by atoms with E-state index in [1.165, 1.54) is 12.0 Å². The van der Waals surface area contributed by atoms with Crippen molar-refractivity contribution in [2.45, 2.75) is 72.9 Å². The maximum Gasteiger partial charge on any atom is 0.321 e. The normalized spacial score (nSPS) is 10.9. The summed E-state index contributed by atoms with van der Waals surface area (Å²) in [5, 5.41) is 12.3. The number of hydrogen-bond donors (Lipinski definition) is 3. The summed E-state index contributed by atoms with van der Waals surface area (Å²) in [6, 6.07) is 29.0. The summed E-state index contributed by atoms with van der Waals surface area (Å²) in [5.74, 6) is -1.05. The summed E-state index contributed by atoms with van der Waals surface area (Å²) in [7, 11) is 1.68. The van der Waals surface area contributed by atoms with E-state index < -0.39 is 12.0 Å². The van der Waals surface area contributed by atoms with Gasteiger partial charge in [0.15, 0.2) is 0 Å². The van der Waals surface area contributed by atoms with Crippen LogP contribution in [0.25, 0.3) is 0 Å². The third-order valence-corrected chi connectivity index (χ3v) is 4.55. The van der Waals surface area contributed by atoms with Crippen molar-refractivity contribution in [3.05, 3.63) is 108 Å². The van der Waals surface area contributed by atoms with Gasteiger partial charge in [0, 0.05) is 12.0 Å². The predicted octanol–water partition coefficient (Wildman–Crippen LogP) is 7.67. The fourth-order valence-corrected chi connectivity index (χ4v) is 3.09. The molecule has 0 heterocycles. The number of aliphatic carboxylic acids is 1. The number of hydrogen-bond acceptors (Lipinski definition) is 3.